The van der Waals surface area contributed by atoms with Crippen molar-refractivity contribution in [3.8, 4) is 0 Å². The summed E-state index contributed by atoms with van der Waals surface area (Å²) in [6, 6.07) is 29.1. The lowest BCUT2D eigenvalue weighted by Crippen LogP contribution is -2.50. The van der Waals surface area contributed by atoms with Crippen molar-refractivity contribution in [2.75, 3.05) is 55.7 Å². The normalized spacial score (nSPS) is 20.9. The van der Waals surface area contributed by atoms with E-state index >= 15 is 0 Å². The minimum absolute atomic E-state index is 0.0693. The maximum atomic E-state index is 14.3. The van der Waals surface area contributed by atoms with Gasteiger partial charge in [0.25, 0.3) is 0 Å². The number of nitrogens with zero attached hydrogens (tertiary/aromatic N) is 2. The van der Waals surface area contributed by atoms with Gasteiger partial charge in [0.1, 0.15) is 6.04 Å². The number of amides is 4. The van der Waals surface area contributed by atoms with Crippen LogP contribution in [0.3, 0.4) is 0 Å². The van der Waals surface area contributed by atoms with Gasteiger partial charge in [0.2, 0.25) is 23.6 Å². The fourth-order valence-electron chi connectivity index (χ4n) is 7.22. The van der Waals surface area contributed by atoms with Crippen molar-refractivity contribution in [3.63, 3.8) is 0 Å². The predicted octanol–water partition coefficient (Wildman–Crippen LogP) is 3.79. The quantitative estimate of drug-likeness (QED) is 0.167. The number of nitrogens with one attached hydrogen (secondary N) is 5. The molecule has 4 aromatic carbocycles. The van der Waals surface area contributed by atoms with Gasteiger partial charge < -0.3 is 26.7 Å². The molecule has 0 radical (unpaired) electrons. The van der Waals surface area contributed by atoms with Gasteiger partial charge in [-0.05, 0) is 84.9 Å². The highest BCUT2D eigenvalue weighted by Crippen LogP contribution is 2.20. The average Bonchev–Trinajstić information content (AvgIpc) is 3.42. The number of benzene rings is 4. The van der Waals surface area contributed by atoms with E-state index in [1.54, 1.807) is 97.9 Å². The Balaban J connectivity index is 1.28. The van der Waals surface area contributed by atoms with Crippen LogP contribution in [0.2, 0.25) is 0 Å². The maximum absolute atomic E-state index is 14.3. The van der Waals surface area contributed by atoms with Gasteiger partial charge in [-0.25, -0.2) is 8.42 Å². The molecule has 58 heavy (non-hydrogen) atoms. The first kappa shape index (κ1) is 41.9. The van der Waals surface area contributed by atoms with Crippen molar-refractivity contribution in [2.45, 2.75) is 44.5 Å². The Morgan fingerprint density at radius 2 is 1.28 bits per heavy atom. The van der Waals surface area contributed by atoms with Gasteiger partial charge in [-0.1, -0.05) is 78.9 Å². The molecule has 4 atom stereocenters. The molecule has 0 saturated carbocycles. The van der Waals surface area contributed by atoms with Crippen molar-refractivity contribution in [1.29, 1.82) is 5.41 Å². The topological polar surface area (TPSA) is 181 Å². The molecule has 13 nitrogen and oxygen atoms in total. The van der Waals surface area contributed by atoms with E-state index in [4.69, 9.17) is 5.41 Å². The van der Waals surface area contributed by atoms with E-state index < -0.39 is 39.4 Å². The minimum atomic E-state index is -3.80. The molecule has 0 spiro atoms. The van der Waals surface area contributed by atoms with E-state index in [1.165, 1.54) is 0 Å². The smallest absolute Gasteiger partial charge is 0.243 e. The number of hydrogen-bond donors (Lipinski definition) is 5. The molecular formula is C44H51N7O6S. The molecule has 2 unspecified atom stereocenters. The number of carbonyl (C=O) groups is 4. The van der Waals surface area contributed by atoms with Gasteiger partial charge in [-0.3, -0.25) is 29.0 Å². The highest BCUT2D eigenvalue weighted by atomic mass is 32.2. The molecule has 4 amide bonds. The third-order valence-corrected chi connectivity index (χ3v) is 12.0. The molecular weight excluding hydrogens is 755 g/mol. The Bertz CT molecular complexity index is 2180. The Morgan fingerprint density at radius 1 is 0.724 bits per heavy atom. The maximum Gasteiger partial charge on any atom is 0.243 e. The van der Waals surface area contributed by atoms with Crippen molar-refractivity contribution in [1.82, 2.24) is 20.4 Å². The second kappa shape index (κ2) is 19.6. The van der Waals surface area contributed by atoms with Gasteiger partial charge in [-0.2, -0.15) is 0 Å². The van der Waals surface area contributed by atoms with Crippen LogP contribution in [0.15, 0.2) is 103 Å². The molecule has 0 aliphatic carbocycles. The first-order chi connectivity index (χ1) is 27.9. The van der Waals surface area contributed by atoms with E-state index in [2.05, 4.69) is 31.1 Å². The van der Waals surface area contributed by atoms with Gasteiger partial charge in [0.05, 0.1) is 30.5 Å². The number of anilines is 2. The Hall–Kier alpha value is -5.70. The zero-order valence-corrected chi connectivity index (χ0v) is 33.5. The first-order valence-corrected chi connectivity index (χ1v) is 21.4. The van der Waals surface area contributed by atoms with Crippen LogP contribution in [0.1, 0.15) is 41.2 Å². The third kappa shape index (κ3) is 12.7. The monoisotopic (exact) mass is 805 g/mol. The lowest BCUT2D eigenvalue weighted by molar-refractivity contribution is -0.130. The molecule has 0 aromatic heterocycles. The molecule has 9 rings (SSSR count). The second-order valence-corrected chi connectivity index (χ2v) is 17.3. The lowest BCUT2D eigenvalue weighted by atomic mass is 9.98. The summed E-state index contributed by atoms with van der Waals surface area (Å²) in [5.74, 6) is -3.15. The summed E-state index contributed by atoms with van der Waals surface area (Å²) in [4.78, 5) is 58.5. The van der Waals surface area contributed by atoms with Crippen LogP contribution in [0.4, 0.5) is 11.4 Å². The van der Waals surface area contributed by atoms with Crippen LogP contribution in [-0.4, -0.2) is 98.6 Å². The molecule has 5 N–H and O–H groups in total. The summed E-state index contributed by atoms with van der Waals surface area (Å²) in [7, 11) is -3.80. The van der Waals surface area contributed by atoms with E-state index in [0.717, 1.165) is 36.2 Å². The number of hydrogen-bond acceptors (Lipinski definition) is 9. The van der Waals surface area contributed by atoms with Crippen molar-refractivity contribution in [2.24, 2.45) is 5.92 Å². The zero-order valence-electron chi connectivity index (χ0n) is 32.7. The fourth-order valence-corrected chi connectivity index (χ4v) is 8.92. The van der Waals surface area contributed by atoms with Gasteiger partial charge in [0, 0.05) is 43.1 Å². The Kier molecular flexibility index (Phi) is 14.2. The SMILES string of the molecule is CC(=N)c1ccc(CNC(=O)[C@@H]2Cc3ccc(cc3)NC(=O)CN3CCCN(CC3)CC(=O)Nc3ccc(cc3)C[C@@H](CS(=O)(=O)Cc3ccccc3)C(=O)N2)cc1. The molecule has 5 aliphatic heterocycles. The highest BCUT2D eigenvalue weighted by Gasteiger charge is 2.30. The standard InChI is InChI=1S/C44H51N7O6S/c1-31(45)36-14-8-34(9-15-36)26-46-44(55)40-25-33-12-18-39(19-13-33)48-42(53)28-51-21-5-20-50(22-23-51)27-41(52)47-38-16-10-32(11-17-38)24-37(43(54)49-40)30-58(56,57)29-35-6-3-2-4-7-35/h2-4,6-19,37,40,45H,5,20-30H2,1H3,(H,46,55)(H,47,52)(H,48,53)(H,49,54)/t37-,40-/m0/s1. The van der Waals surface area contributed by atoms with E-state index in [1.807, 2.05) is 12.1 Å². The van der Waals surface area contributed by atoms with Crippen molar-refractivity contribution >= 4 is 50.6 Å². The molecule has 5 heterocycles. The molecule has 1 fully saturated rings. The van der Waals surface area contributed by atoms with Crippen LogP contribution < -0.4 is 21.3 Å². The predicted molar refractivity (Wildman–Crippen MR) is 225 cm³/mol. The Labute approximate surface area is 340 Å². The fraction of sp³-hybridized carbons (Fsp3) is 0.341. The Morgan fingerprint density at radius 3 is 1.83 bits per heavy atom. The van der Waals surface area contributed by atoms with Crippen LogP contribution in [0.25, 0.3) is 0 Å². The summed E-state index contributed by atoms with van der Waals surface area (Å²) >= 11 is 0. The summed E-state index contributed by atoms with van der Waals surface area (Å²) < 4.78 is 27.3. The molecule has 14 heteroatoms. The van der Waals surface area contributed by atoms with Gasteiger partial charge >= 0.3 is 0 Å². The van der Waals surface area contributed by atoms with Gasteiger partial charge in [-0.15, -0.1) is 0 Å². The molecule has 5 aliphatic rings. The molecule has 304 valence electrons. The molecule has 4 aromatic rings. The summed E-state index contributed by atoms with van der Waals surface area (Å²) in [5.41, 5.74) is 5.15. The first-order valence-electron chi connectivity index (χ1n) is 19.6. The van der Waals surface area contributed by atoms with Crippen LogP contribution in [-0.2, 0) is 54.2 Å². The molecule has 6 bridgehead atoms. The zero-order chi connectivity index (χ0) is 41.1. The summed E-state index contributed by atoms with van der Waals surface area (Å²) in [5, 5.41) is 19.6. The second-order valence-electron chi connectivity index (χ2n) is 15.1. The number of sulfone groups is 1. The van der Waals surface area contributed by atoms with Crippen molar-refractivity contribution < 1.29 is 27.6 Å². The number of carbonyl (C=O) groups excluding carboxylic acids is 4. The third-order valence-electron chi connectivity index (χ3n) is 10.4. The van der Waals surface area contributed by atoms with E-state index in [9.17, 15) is 27.6 Å². The molecule has 1 saturated heterocycles. The minimum Gasteiger partial charge on any atom is -0.350 e. The lowest BCUT2D eigenvalue weighted by Gasteiger charge is -2.23. The van der Waals surface area contributed by atoms with Crippen LogP contribution >= 0.6 is 0 Å². The number of rotatable bonds is 8. The van der Waals surface area contributed by atoms with Crippen LogP contribution in [0, 0.1) is 11.3 Å². The summed E-state index contributed by atoms with van der Waals surface area (Å²) in [6.45, 7) is 4.99. The largest absolute Gasteiger partial charge is 0.350 e. The van der Waals surface area contributed by atoms with Crippen molar-refractivity contribution in [3.05, 3.63) is 131 Å². The highest BCUT2D eigenvalue weighted by molar-refractivity contribution is 7.90. The van der Waals surface area contributed by atoms with E-state index in [0.29, 0.717) is 41.3 Å². The van der Waals surface area contributed by atoms with E-state index in [-0.39, 0.29) is 50.0 Å². The average molecular weight is 806 g/mol. The van der Waals surface area contributed by atoms with Crippen LogP contribution in [0.5, 0.6) is 0 Å². The van der Waals surface area contributed by atoms with Gasteiger partial charge in [0.15, 0.2) is 9.84 Å². The summed E-state index contributed by atoms with van der Waals surface area (Å²) in [6.07, 6.45) is 0.976.